The maximum atomic E-state index is 11.7. The van der Waals surface area contributed by atoms with Gasteiger partial charge in [0.25, 0.3) is 0 Å². The van der Waals surface area contributed by atoms with Crippen molar-refractivity contribution in [1.82, 2.24) is 19.5 Å². The monoisotopic (exact) mass is 381 g/mol. The molecule has 1 aliphatic heterocycles. The zero-order valence-corrected chi connectivity index (χ0v) is 16.9. The molecule has 1 aromatic rings. The van der Waals surface area contributed by atoms with Crippen molar-refractivity contribution in [2.45, 2.75) is 71.0 Å². The van der Waals surface area contributed by atoms with E-state index < -0.39 is 10.0 Å². The third kappa shape index (κ3) is 3.63. The molecule has 0 bridgehead atoms. The van der Waals surface area contributed by atoms with Gasteiger partial charge in [0, 0.05) is 19.1 Å². The molecule has 4 rings (SSSR count). The first-order chi connectivity index (χ1) is 12.3. The maximum Gasteiger partial charge on any atom is 0.227 e. The second-order valence-electron chi connectivity index (χ2n) is 8.65. The van der Waals surface area contributed by atoms with Crippen LogP contribution in [0.15, 0.2) is 0 Å². The van der Waals surface area contributed by atoms with E-state index in [1.54, 1.807) is 0 Å². The van der Waals surface area contributed by atoms with E-state index in [2.05, 4.69) is 31.3 Å². The lowest BCUT2D eigenvalue weighted by molar-refractivity contribution is 0.353. The van der Waals surface area contributed by atoms with Crippen LogP contribution in [0.5, 0.6) is 0 Å². The summed E-state index contributed by atoms with van der Waals surface area (Å²) in [7, 11) is -3.29. The van der Waals surface area contributed by atoms with Gasteiger partial charge in [-0.2, -0.15) is 0 Å². The van der Waals surface area contributed by atoms with Crippen molar-refractivity contribution in [1.29, 1.82) is 0 Å². The molecular weight excluding hydrogens is 350 g/mol. The number of hydrogen-bond donors (Lipinski definition) is 1. The van der Waals surface area contributed by atoms with E-state index in [1.165, 1.54) is 44.8 Å². The number of nitrogens with zero attached hydrogens (tertiary/aromatic N) is 4. The molecule has 1 N–H and O–H groups in total. The van der Waals surface area contributed by atoms with Crippen LogP contribution in [0.2, 0.25) is 0 Å². The maximum absolute atomic E-state index is 11.7. The molecule has 1 saturated heterocycles. The fourth-order valence-corrected chi connectivity index (χ4v) is 5.73. The molecule has 5 unspecified atom stereocenters. The second kappa shape index (κ2) is 6.78. The van der Waals surface area contributed by atoms with Gasteiger partial charge >= 0.3 is 0 Å². The van der Waals surface area contributed by atoms with Crippen LogP contribution < -0.4 is 9.62 Å². The molecule has 146 valence electrons. The quantitative estimate of drug-likeness (QED) is 0.818. The van der Waals surface area contributed by atoms with Gasteiger partial charge < -0.3 is 4.90 Å². The van der Waals surface area contributed by atoms with Crippen LogP contribution in [0, 0.1) is 17.8 Å². The number of nitrogens with one attached hydrogen (secondary N) is 1. The lowest BCUT2D eigenvalue weighted by atomic mass is 9.92. The highest BCUT2D eigenvalue weighted by Gasteiger charge is 2.40. The van der Waals surface area contributed by atoms with E-state index in [4.69, 9.17) is 0 Å². The average Bonchev–Trinajstić information content (AvgIpc) is 2.98. The van der Waals surface area contributed by atoms with Gasteiger partial charge in [-0.25, -0.2) is 13.1 Å². The Labute approximate surface area is 156 Å². The van der Waals surface area contributed by atoms with Crippen LogP contribution in [-0.2, 0) is 16.6 Å². The Morgan fingerprint density at radius 2 is 1.96 bits per heavy atom. The third-order valence-corrected chi connectivity index (χ3v) is 7.26. The molecule has 0 aromatic carbocycles. The van der Waals surface area contributed by atoms with E-state index >= 15 is 0 Å². The number of fused-ring (bicyclic) bond motifs is 1. The van der Waals surface area contributed by atoms with Crippen molar-refractivity contribution >= 4 is 16.0 Å². The summed E-state index contributed by atoms with van der Waals surface area (Å²) in [5, 5.41) is 9.00. The van der Waals surface area contributed by atoms with Crippen LogP contribution in [0.3, 0.4) is 0 Å². The SMILES string of the molecule is CC(NS(C)(=O)=O)c1nnc(N2CCCC3CCCC32)n1CC1CC1C. The molecule has 3 fully saturated rings. The van der Waals surface area contributed by atoms with Gasteiger partial charge in [0.1, 0.15) is 0 Å². The molecule has 0 spiro atoms. The lowest BCUT2D eigenvalue weighted by Crippen LogP contribution is -2.44. The summed E-state index contributed by atoms with van der Waals surface area (Å²) >= 11 is 0. The molecule has 1 aromatic heterocycles. The Morgan fingerprint density at radius 1 is 1.23 bits per heavy atom. The Kier molecular flexibility index (Phi) is 4.75. The number of sulfonamides is 1. The normalized spacial score (nSPS) is 32.5. The molecule has 8 heteroatoms. The summed E-state index contributed by atoms with van der Waals surface area (Å²) in [6, 6.07) is 0.207. The van der Waals surface area contributed by atoms with Crippen molar-refractivity contribution in [3.63, 3.8) is 0 Å². The van der Waals surface area contributed by atoms with Crippen molar-refractivity contribution < 1.29 is 8.42 Å². The molecule has 7 nitrogen and oxygen atoms in total. The van der Waals surface area contributed by atoms with E-state index in [-0.39, 0.29) is 6.04 Å². The van der Waals surface area contributed by atoms with E-state index in [0.717, 1.165) is 36.7 Å². The largest absolute Gasteiger partial charge is 0.338 e. The first kappa shape index (κ1) is 18.2. The standard InChI is InChI=1S/C18H31N5O2S/c1-12-10-15(12)11-23-17(13(2)21-26(3,24)25)19-20-18(23)22-9-5-7-14-6-4-8-16(14)22/h12-16,21H,4-11H2,1-3H3. The number of rotatable bonds is 6. The number of hydrogen-bond acceptors (Lipinski definition) is 5. The van der Waals surface area contributed by atoms with Crippen LogP contribution in [-0.4, -0.2) is 42.0 Å². The highest BCUT2D eigenvalue weighted by atomic mass is 32.2. The molecule has 2 saturated carbocycles. The van der Waals surface area contributed by atoms with Gasteiger partial charge in [-0.15, -0.1) is 10.2 Å². The number of piperidine rings is 1. The predicted molar refractivity (Wildman–Crippen MR) is 101 cm³/mol. The predicted octanol–water partition coefficient (Wildman–Crippen LogP) is 2.31. The third-order valence-electron chi connectivity index (χ3n) is 6.48. The summed E-state index contributed by atoms with van der Waals surface area (Å²) in [5.74, 6) is 3.86. The van der Waals surface area contributed by atoms with Crippen molar-refractivity contribution in [2.75, 3.05) is 17.7 Å². The fraction of sp³-hybridized carbons (Fsp3) is 0.889. The minimum absolute atomic E-state index is 0.371. The molecule has 5 atom stereocenters. The van der Waals surface area contributed by atoms with E-state index in [1.807, 2.05) is 6.92 Å². The van der Waals surface area contributed by atoms with Crippen LogP contribution >= 0.6 is 0 Å². The minimum atomic E-state index is -3.29. The summed E-state index contributed by atoms with van der Waals surface area (Å²) in [6.45, 7) is 6.06. The molecule has 2 heterocycles. The highest BCUT2D eigenvalue weighted by Crippen LogP contribution is 2.42. The van der Waals surface area contributed by atoms with Crippen LogP contribution in [0.25, 0.3) is 0 Å². The van der Waals surface area contributed by atoms with Gasteiger partial charge in [0.2, 0.25) is 16.0 Å². The van der Waals surface area contributed by atoms with Gasteiger partial charge in [-0.3, -0.25) is 4.57 Å². The fourth-order valence-electron chi connectivity index (χ4n) is 4.98. The second-order valence-corrected chi connectivity index (χ2v) is 10.4. The van der Waals surface area contributed by atoms with Crippen molar-refractivity contribution in [3.05, 3.63) is 5.82 Å². The topological polar surface area (TPSA) is 80.1 Å². The summed E-state index contributed by atoms with van der Waals surface area (Å²) in [5.41, 5.74) is 0. The summed E-state index contributed by atoms with van der Waals surface area (Å²) in [6.07, 6.45) is 8.84. The van der Waals surface area contributed by atoms with Crippen LogP contribution in [0.4, 0.5) is 5.95 Å². The zero-order valence-electron chi connectivity index (χ0n) is 16.1. The Morgan fingerprint density at radius 3 is 2.65 bits per heavy atom. The van der Waals surface area contributed by atoms with Crippen molar-refractivity contribution in [2.24, 2.45) is 17.8 Å². The Balaban J connectivity index is 1.65. The van der Waals surface area contributed by atoms with Gasteiger partial charge in [-0.1, -0.05) is 13.3 Å². The van der Waals surface area contributed by atoms with Crippen LogP contribution in [0.1, 0.15) is 64.2 Å². The lowest BCUT2D eigenvalue weighted by Gasteiger charge is -2.38. The smallest absolute Gasteiger partial charge is 0.227 e. The zero-order chi connectivity index (χ0) is 18.5. The first-order valence-corrected chi connectivity index (χ1v) is 11.9. The first-order valence-electron chi connectivity index (χ1n) is 10.0. The Hall–Kier alpha value is -1.15. The van der Waals surface area contributed by atoms with E-state index in [0.29, 0.717) is 12.0 Å². The van der Waals surface area contributed by atoms with E-state index in [9.17, 15) is 8.42 Å². The molecule has 3 aliphatic rings. The number of anilines is 1. The summed E-state index contributed by atoms with van der Waals surface area (Å²) < 4.78 is 28.3. The number of aromatic nitrogens is 3. The highest BCUT2D eigenvalue weighted by molar-refractivity contribution is 7.88. The van der Waals surface area contributed by atoms with Gasteiger partial charge in [0.05, 0.1) is 12.3 Å². The molecule has 2 aliphatic carbocycles. The summed E-state index contributed by atoms with van der Waals surface area (Å²) in [4.78, 5) is 2.47. The minimum Gasteiger partial charge on any atom is -0.338 e. The Bertz CT molecular complexity index is 762. The molecule has 0 radical (unpaired) electrons. The molecular formula is C18H31N5O2S. The van der Waals surface area contributed by atoms with Gasteiger partial charge in [0.15, 0.2) is 5.82 Å². The van der Waals surface area contributed by atoms with Crippen molar-refractivity contribution in [3.8, 4) is 0 Å². The molecule has 0 amide bonds. The molecule has 26 heavy (non-hydrogen) atoms. The average molecular weight is 382 g/mol. The van der Waals surface area contributed by atoms with Gasteiger partial charge in [-0.05, 0) is 56.8 Å².